The summed E-state index contributed by atoms with van der Waals surface area (Å²) in [7, 11) is 1.66. The number of hydrogen-bond acceptors (Lipinski definition) is 6. The van der Waals surface area contributed by atoms with Crippen LogP contribution in [0.5, 0.6) is 5.75 Å². The van der Waals surface area contributed by atoms with Gasteiger partial charge in [-0.25, -0.2) is 4.98 Å². The molecule has 4 heterocycles. The quantitative estimate of drug-likeness (QED) is 0.362. The van der Waals surface area contributed by atoms with Crippen molar-refractivity contribution in [2.24, 2.45) is 0 Å². The van der Waals surface area contributed by atoms with Crippen molar-refractivity contribution in [1.82, 2.24) is 24.1 Å². The smallest absolute Gasteiger partial charge is 0.192 e. The van der Waals surface area contributed by atoms with Crippen LogP contribution in [-0.2, 0) is 12.3 Å². The first-order chi connectivity index (χ1) is 14.8. The molecule has 0 saturated heterocycles. The van der Waals surface area contributed by atoms with Crippen molar-refractivity contribution in [3.05, 3.63) is 84.7 Å². The normalized spacial score (nSPS) is 11.2. The SMILES string of the molecule is COc1cccc(-c2nnc(SCc3cn4ccccc4n3)n2Cc2ccco2)c1. The Morgan fingerprint density at radius 1 is 1.07 bits per heavy atom. The van der Waals surface area contributed by atoms with E-state index in [1.165, 1.54) is 0 Å². The van der Waals surface area contributed by atoms with Crippen LogP contribution in [0.2, 0.25) is 0 Å². The molecule has 0 aliphatic rings. The van der Waals surface area contributed by atoms with Gasteiger partial charge in [-0.3, -0.25) is 4.57 Å². The summed E-state index contributed by atoms with van der Waals surface area (Å²) in [5, 5.41) is 9.73. The fourth-order valence-corrected chi connectivity index (χ4v) is 4.09. The molecule has 0 bridgehead atoms. The number of benzene rings is 1. The topological polar surface area (TPSA) is 70.4 Å². The van der Waals surface area contributed by atoms with E-state index in [2.05, 4.69) is 19.7 Å². The van der Waals surface area contributed by atoms with E-state index >= 15 is 0 Å². The number of nitrogens with zero attached hydrogens (tertiary/aromatic N) is 5. The highest BCUT2D eigenvalue weighted by Gasteiger charge is 2.17. The molecule has 8 heteroatoms. The summed E-state index contributed by atoms with van der Waals surface area (Å²) < 4.78 is 15.0. The zero-order valence-electron chi connectivity index (χ0n) is 16.3. The third-order valence-corrected chi connectivity index (χ3v) is 5.70. The summed E-state index contributed by atoms with van der Waals surface area (Å²) >= 11 is 1.60. The minimum Gasteiger partial charge on any atom is -0.497 e. The van der Waals surface area contributed by atoms with Crippen LogP contribution in [0.1, 0.15) is 11.5 Å². The number of ether oxygens (including phenoxy) is 1. The zero-order valence-corrected chi connectivity index (χ0v) is 17.1. The lowest BCUT2D eigenvalue weighted by atomic mass is 10.2. The highest BCUT2D eigenvalue weighted by molar-refractivity contribution is 7.98. The predicted molar refractivity (Wildman–Crippen MR) is 115 cm³/mol. The number of furan rings is 1. The second kappa shape index (κ2) is 8.08. The summed E-state index contributed by atoms with van der Waals surface area (Å²) in [5.74, 6) is 3.08. The Bertz CT molecular complexity index is 1240. The molecular formula is C22H19N5O2S. The Hall–Kier alpha value is -3.52. The van der Waals surface area contributed by atoms with Crippen LogP contribution in [0, 0.1) is 0 Å². The number of pyridine rings is 1. The lowest BCUT2D eigenvalue weighted by Crippen LogP contribution is -2.03. The lowest BCUT2D eigenvalue weighted by molar-refractivity contribution is 0.415. The summed E-state index contributed by atoms with van der Waals surface area (Å²) in [6, 6.07) is 17.6. The van der Waals surface area contributed by atoms with Gasteiger partial charge in [0, 0.05) is 23.7 Å². The van der Waals surface area contributed by atoms with Crippen LogP contribution < -0.4 is 4.74 Å². The molecule has 0 radical (unpaired) electrons. The number of aromatic nitrogens is 5. The van der Waals surface area contributed by atoms with E-state index in [-0.39, 0.29) is 0 Å². The van der Waals surface area contributed by atoms with Crippen LogP contribution in [0.15, 0.2) is 82.8 Å². The molecule has 0 spiro atoms. The lowest BCUT2D eigenvalue weighted by Gasteiger charge is -2.09. The molecule has 0 amide bonds. The maximum atomic E-state index is 5.57. The molecular weight excluding hydrogens is 398 g/mol. The number of fused-ring (bicyclic) bond motifs is 1. The van der Waals surface area contributed by atoms with Crippen LogP contribution >= 0.6 is 11.8 Å². The van der Waals surface area contributed by atoms with Gasteiger partial charge in [-0.1, -0.05) is 30.0 Å². The van der Waals surface area contributed by atoms with Crippen molar-refractivity contribution < 1.29 is 9.15 Å². The van der Waals surface area contributed by atoms with E-state index in [1.807, 2.05) is 71.4 Å². The Balaban J connectivity index is 1.46. The average Bonchev–Trinajstić information content (AvgIpc) is 3.52. The number of rotatable bonds is 7. The molecule has 0 atom stereocenters. The van der Waals surface area contributed by atoms with Crippen LogP contribution in [0.25, 0.3) is 17.0 Å². The minimum absolute atomic E-state index is 0.542. The van der Waals surface area contributed by atoms with Gasteiger partial charge in [-0.05, 0) is 36.4 Å². The molecule has 5 aromatic rings. The fraction of sp³-hybridized carbons (Fsp3) is 0.136. The summed E-state index contributed by atoms with van der Waals surface area (Å²) in [6.45, 7) is 0.542. The minimum atomic E-state index is 0.542. The van der Waals surface area contributed by atoms with E-state index in [4.69, 9.17) is 9.15 Å². The highest BCUT2D eigenvalue weighted by atomic mass is 32.2. The van der Waals surface area contributed by atoms with Gasteiger partial charge in [0.05, 0.1) is 25.6 Å². The van der Waals surface area contributed by atoms with Gasteiger partial charge in [-0.15, -0.1) is 10.2 Å². The standard InChI is InChI=1S/C22H19N5O2S/c1-28-18-7-4-6-16(12-18)21-24-25-22(27(21)14-19-8-5-11-29-19)30-15-17-13-26-10-3-2-9-20(26)23-17/h2-13H,14-15H2,1H3. The average molecular weight is 417 g/mol. The molecule has 150 valence electrons. The number of methoxy groups -OCH3 is 1. The monoisotopic (exact) mass is 417 g/mol. The molecule has 0 unspecified atom stereocenters. The van der Waals surface area contributed by atoms with E-state index in [1.54, 1.807) is 25.1 Å². The maximum absolute atomic E-state index is 5.57. The molecule has 7 nitrogen and oxygen atoms in total. The molecule has 0 aliphatic heterocycles. The van der Waals surface area contributed by atoms with Crippen molar-refractivity contribution in [3.8, 4) is 17.1 Å². The van der Waals surface area contributed by atoms with Crippen LogP contribution in [-0.4, -0.2) is 31.3 Å². The molecule has 0 N–H and O–H groups in total. The molecule has 4 aromatic heterocycles. The van der Waals surface area contributed by atoms with E-state index in [0.717, 1.165) is 39.4 Å². The second-order valence-corrected chi connectivity index (χ2v) is 7.63. The molecule has 0 saturated carbocycles. The molecule has 30 heavy (non-hydrogen) atoms. The van der Waals surface area contributed by atoms with Crippen molar-refractivity contribution in [1.29, 1.82) is 0 Å². The number of hydrogen-bond donors (Lipinski definition) is 0. The zero-order chi connectivity index (χ0) is 20.3. The van der Waals surface area contributed by atoms with Crippen molar-refractivity contribution in [3.63, 3.8) is 0 Å². The van der Waals surface area contributed by atoms with Gasteiger partial charge >= 0.3 is 0 Å². The largest absolute Gasteiger partial charge is 0.497 e. The first-order valence-corrected chi connectivity index (χ1v) is 10.4. The Morgan fingerprint density at radius 3 is 2.87 bits per heavy atom. The maximum Gasteiger partial charge on any atom is 0.192 e. The van der Waals surface area contributed by atoms with E-state index in [9.17, 15) is 0 Å². The molecule has 5 rings (SSSR count). The van der Waals surface area contributed by atoms with Gasteiger partial charge in [0.1, 0.15) is 17.2 Å². The Morgan fingerprint density at radius 2 is 2.03 bits per heavy atom. The molecule has 0 aliphatic carbocycles. The van der Waals surface area contributed by atoms with E-state index in [0.29, 0.717) is 12.3 Å². The first-order valence-electron chi connectivity index (χ1n) is 9.45. The second-order valence-electron chi connectivity index (χ2n) is 6.69. The Labute approximate surface area is 177 Å². The summed E-state index contributed by atoms with van der Waals surface area (Å²) in [6.07, 6.45) is 5.71. The first kappa shape index (κ1) is 18.5. The predicted octanol–water partition coefficient (Wildman–Crippen LogP) is 4.54. The van der Waals surface area contributed by atoms with Gasteiger partial charge in [0.2, 0.25) is 0 Å². The van der Waals surface area contributed by atoms with Gasteiger partial charge in [-0.2, -0.15) is 0 Å². The third kappa shape index (κ3) is 3.69. The van der Waals surface area contributed by atoms with Gasteiger partial charge < -0.3 is 13.6 Å². The van der Waals surface area contributed by atoms with E-state index < -0.39 is 0 Å². The van der Waals surface area contributed by atoms with Crippen LogP contribution in [0.4, 0.5) is 0 Å². The fourth-order valence-electron chi connectivity index (χ4n) is 3.27. The highest BCUT2D eigenvalue weighted by Crippen LogP contribution is 2.29. The molecule has 1 aromatic carbocycles. The van der Waals surface area contributed by atoms with Crippen molar-refractivity contribution in [2.45, 2.75) is 17.5 Å². The number of imidazole rings is 1. The summed E-state index contributed by atoms with van der Waals surface area (Å²) in [4.78, 5) is 4.67. The van der Waals surface area contributed by atoms with Crippen molar-refractivity contribution >= 4 is 17.4 Å². The Kier molecular flexibility index (Phi) is 4.98. The van der Waals surface area contributed by atoms with Crippen molar-refractivity contribution in [2.75, 3.05) is 7.11 Å². The molecule has 0 fully saturated rings. The van der Waals surface area contributed by atoms with Gasteiger partial charge in [0.25, 0.3) is 0 Å². The van der Waals surface area contributed by atoms with Gasteiger partial charge in [0.15, 0.2) is 11.0 Å². The summed E-state index contributed by atoms with van der Waals surface area (Å²) in [5.41, 5.74) is 2.86. The number of thioether (sulfide) groups is 1. The third-order valence-electron chi connectivity index (χ3n) is 4.70. The van der Waals surface area contributed by atoms with Crippen LogP contribution in [0.3, 0.4) is 0 Å².